The van der Waals surface area contributed by atoms with Gasteiger partial charge in [-0.25, -0.2) is 4.79 Å². The van der Waals surface area contributed by atoms with Crippen LogP contribution in [0.1, 0.15) is 17.0 Å². The molecule has 2 rings (SSSR count). The number of carbonyl (C=O) groups excluding carboxylic acids is 1. The number of rotatable bonds is 3. The standard InChI is InChI=1S/C11H8ClO2/c12-11(14-7-13)10-6-5-8-3-1-2-4-9(8)10/h1-6,10-11H. The number of fused-ring (bicyclic) bond motifs is 1. The van der Waals surface area contributed by atoms with E-state index in [1.54, 1.807) is 0 Å². The molecule has 1 aromatic rings. The van der Waals surface area contributed by atoms with Crippen LogP contribution in [-0.4, -0.2) is 12.0 Å². The molecule has 0 heterocycles. The van der Waals surface area contributed by atoms with Gasteiger partial charge in [0, 0.05) is 0 Å². The molecule has 1 aliphatic carbocycles. The first-order valence-electron chi connectivity index (χ1n) is 4.27. The molecule has 0 N–H and O–H groups in total. The minimum absolute atomic E-state index is 0.0608. The van der Waals surface area contributed by atoms with Gasteiger partial charge >= 0.3 is 6.47 Å². The van der Waals surface area contributed by atoms with E-state index >= 15 is 0 Å². The maximum absolute atomic E-state index is 10.0. The van der Waals surface area contributed by atoms with E-state index in [2.05, 4.69) is 4.74 Å². The number of alkyl halides is 1. The molecule has 1 aliphatic rings. The second-order valence-corrected chi connectivity index (χ2v) is 3.50. The minimum atomic E-state index is -0.674. The second kappa shape index (κ2) is 3.84. The van der Waals surface area contributed by atoms with Crippen molar-refractivity contribution in [2.24, 2.45) is 0 Å². The fraction of sp³-hybridized carbons (Fsp3) is 0.182. The molecule has 2 atom stereocenters. The summed E-state index contributed by atoms with van der Waals surface area (Å²) in [4.78, 5) is 10.0. The zero-order valence-electron chi connectivity index (χ0n) is 7.31. The highest BCUT2D eigenvalue weighted by atomic mass is 35.5. The Morgan fingerprint density at radius 3 is 3.00 bits per heavy atom. The van der Waals surface area contributed by atoms with Crippen LogP contribution in [0.3, 0.4) is 0 Å². The van der Waals surface area contributed by atoms with Crippen LogP contribution in [0.25, 0.3) is 6.08 Å². The summed E-state index contributed by atoms with van der Waals surface area (Å²) < 4.78 is 4.59. The quantitative estimate of drug-likeness (QED) is 0.712. The van der Waals surface area contributed by atoms with Gasteiger partial charge in [0.15, 0.2) is 5.56 Å². The number of hydrogen-bond donors (Lipinski definition) is 0. The summed E-state index contributed by atoms with van der Waals surface area (Å²) >= 11 is 5.88. The average molecular weight is 208 g/mol. The first kappa shape index (κ1) is 9.28. The summed E-state index contributed by atoms with van der Waals surface area (Å²) in [5.41, 5.74) is 1.53. The molecule has 0 aliphatic heterocycles. The smallest absolute Gasteiger partial charge is 0.419 e. The van der Waals surface area contributed by atoms with Crippen molar-refractivity contribution < 1.29 is 9.53 Å². The molecule has 0 bridgehead atoms. The van der Waals surface area contributed by atoms with Crippen LogP contribution in [0, 0.1) is 0 Å². The Morgan fingerprint density at radius 1 is 1.43 bits per heavy atom. The largest absolute Gasteiger partial charge is 0.437 e. The fourth-order valence-electron chi connectivity index (χ4n) is 1.63. The molecule has 0 saturated carbocycles. The van der Waals surface area contributed by atoms with Gasteiger partial charge in [0.2, 0.25) is 0 Å². The third-order valence-corrected chi connectivity index (χ3v) is 2.64. The van der Waals surface area contributed by atoms with E-state index in [0.29, 0.717) is 0 Å². The molecule has 2 nitrogen and oxygen atoms in total. The van der Waals surface area contributed by atoms with Crippen molar-refractivity contribution >= 4 is 24.1 Å². The molecule has 0 fully saturated rings. The lowest BCUT2D eigenvalue weighted by atomic mass is 10.0. The van der Waals surface area contributed by atoms with Crippen molar-refractivity contribution in [3.8, 4) is 0 Å². The van der Waals surface area contributed by atoms with Crippen molar-refractivity contribution in [1.29, 1.82) is 0 Å². The predicted molar refractivity (Wildman–Crippen MR) is 54.6 cm³/mol. The molecule has 0 amide bonds. The number of hydrogen-bond acceptors (Lipinski definition) is 2. The lowest BCUT2D eigenvalue weighted by Gasteiger charge is -2.14. The molecule has 0 spiro atoms. The first-order chi connectivity index (χ1) is 6.83. The van der Waals surface area contributed by atoms with Gasteiger partial charge in [0.05, 0.1) is 5.92 Å². The molecule has 0 aromatic heterocycles. The minimum Gasteiger partial charge on any atom is -0.437 e. The van der Waals surface area contributed by atoms with Crippen LogP contribution in [0.5, 0.6) is 0 Å². The average Bonchev–Trinajstić information content (AvgIpc) is 2.61. The molecule has 0 saturated heterocycles. The van der Waals surface area contributed by atoms with Gasteiger partial charge in [-0.2, -0.15) is 0 Å². The van der Waals surface area contributed by atoms with Crippen molar-refractivity contribution in [2.75, 3.05) is 0 Å². The molecular weight excluding hydrogens is 200 g/mol. The number of ether oxygens (including phenoxy) is 1. The van der Waals surface area contributed by atoms with Crippen molar-refractivity contribution in [1.82, 2.24) is 0 Å². The van der Waals surface area contributed by atoms with Crippen LogP contribution in [-0.2, 0) is 9.53 Å². The summed E-state index contributed by atoms with van der Waals surface area (Å²) in [5.74, 6) is -0.0608. The lowest BCUT2D eigenvalue weighted by molar-refractivity contribution is 0.234. The second-order valence-electron chi connectivity index (χ2n) is 3.07. The van der Waals surface area contributed by atoms with E-state index in [-0.39, 0.29) is 5.92 Å². The Bertz CT molecular complexity index is 373. The van der Waals surface area contributed by atoms with Crippen molar-refractivity contribution in [3.05, 3.63) is 41.5 Å². The summed E-state index contributed by atoms with van der Waals surface area (Å²) in [6.07, 6.45) is 3.91. The third-order valence-electron chi connectivity index (χ3n) is 2.28. The van der Waals surface area contributed by atoms with E-state index in [0.717, 1.165) is 11.1 Å². The van der Waals surface area contributed by atoms with Gasteiger partial charge in [0.25, 0.3) is 0 Å². The number of halogens is 1. The summed E-state index contributed by atoms with van der Waals surface area (Å²) in [6.45, 7) is 1.36. The Labute approximate surface area is 87.1 Å². The zero-order valence-corrected chi connectivity index (χ0v) is 8.07. The molecular formula is C11H8ClO2. The Hall–Kier alpha value is -1.28. The SMILES string of the molecule is O=[C]OC(Cl)C1C=Cc2ccccc21. The molecule has 1 radical (unpaired) electrons. The summed E-state index contributed by atoms with van der Waals surface area (Å²) in [5, 5.41) is 0. The monoisotopic (exact) mass is 207 g/mol. The predicted octanol–water partition coefficient (Wildman–Crippen LogP) is 2.45. The van der Waals surface area contributed by atoms with Gasteiger partial charge in [-0.05, 0) is 11.1 Å². The molecule has 2 unspecified atom stereocenters. The maximum Gasteiger partial charge on any atom is 0.419 e. The summed E-state index contributed by atoms with van der Waals surface area (Å²) in [7, 11) is 0. The molecule has 3 heteroatoms. The third kappa shape index (κ3) is 1.53. The highest BCUT2D eigenvalue weighted by Gasteiger charge is 2.25. The summed E-state index contributed by atoms with van der Waals surface area (Å²) in [6, 6.07) is 7.87. The van der Waals surface area contributed by atoms with E-state index in [1.807, 2.05) is 36.4 Å². The van der Waals surface area contributed by atoms with Gasteiger partial charge in [-0.3, -0.25) is 0 Å². The fourth-order valence-corrected chi connectivity index (χ4v) is 1.88. The Kier molecular flexibility index (Phi) is 2.55. The Morgan fingerprint density at radius 2 is 2.21 bits per heavy atom. The number of benzene rings is 1. The van der Waals surface area contributed by atoms with E-state index in [4.69, 9.17) is 11.6 Å². The normalized spacial score (nSPS) is 20.2. The van der Waals surface area contributed by atoms with Crippen molar-refractivity contribution in [2.45, 2.75) is 11.5 Å². The highest BCUT2D eigenvalue weighted by Crippen LogP contribution is 2.34. The zero-order chi connectivity index (χ0) is 9.97. The van der Waals surface area contributed by atoms with E-state index < -0.39 is 5.56 Å². The molecule has 1 aromatic carbocycles. The Balaban J connectivity index is 2.25. The van der Waals surface area contributed by atoms with Crippen LogP contribution in [0.4, 0.5) is 0 Å². The van der Waals surface area contributed by atoms with E-state index in [9.17, 15) is 4.79 Å². The maximum atomic E-state index is 10.0. The van der Waals surface area contributed by atoms with Crippen LogP contribution < -0.4 is 0 Å². The van der Waals surface area contributed by atoms with Gasteiger partial charge in [-0.15, -0.1) is 0 Å². The topological polar surface area (TPSA) is 26.3 Å². The van der Waals surface area contributed by atoms with Crippen molar-refractivity contribution in [3.63, 3.8) is 0 Å². The van der Waals surface area contributed by atoms with Gasteiger partial charge in [-0.1, -0.05) is 48.0 Å². The van der Waals surface area contributed by atoms with Crippen LogP contribution >= 0.6 is 11.6 Å². The van der Waals surface area contributed by atoms with Gasteiger partial charge < -0.3 is 4.74 Å². The first-order valence-corrected chi connectivity index (χ1v) is 4.70. The van der Waals surface area contributed by atoms with E-state index in [1.165, 1.54) is 6.47 Å². The molecule has 14 heavy (non-hydrogen) atoms. The van der Waals surface area contributed by atoms with Crippen LogP contribution in [0.15, 0.2) is 30.3 Å². The van der Waals surface area contributed by atoms with Crippen LogP contribution in [0.2, 0.25) is 0 Å². The lowest BCUT2D eigenvalue weighted by Crippen LogP contribution is -2.12. The highest BCUT2D eigenvalue weighted by molar-refractivity contribution is 6.20. The van der Waals surface area contributed by atoms with Gasteiger partial charge in [0.1, 0.15) is 0 Å². The molecule has 71 valence electrons.